The van der Waals surface area contributed by atoms with Crippen molar-refractivity contribution in [2.75, 3.05) is 26.2 Å². The minimum absolute atomic E-state index is 0.0646. The van der Waals surface area contributed by atoms with Gasteiger partial charge in [-0.3, -0.25) is 4.79 Å². The van der Waals surface area contributed by atoms with Gasteiger partial charge in [0.2, 0.25) is 0 Å². The third kappa shape index (κ3) is 4.17. The van der Waals surface area contributed by atoms with E-state index in [1.165, 1.54) is 6.07 Å². The predicted molar refractivity (Wildman–Crippen MR) is 83.9 cm³/mol. The van der Waals surface area contributed by atoms with Crippen LogP contribution in [-0.2, 0) is 11.3 Å². The minimum Gasteiger partial charge on any atom is -0.462 e. The third-order valence-corrected chi connectivity index (χ3v) is 3.78. The van der Waals surface area contributed by atoms with Crippen molar-refractivity contribution < 1.29 is 9.53 Å². The molecule has 0 fully saturated rings. The normalized spacial score (nSPS) is 11.0. The first-order valence-electron chi connectivity index (χ1n) is 7.56. The number of aryl methyl sites for hydroxylation is 1. The van der Waals surface area contributed by atoms with Gasteiger partial charge in [-0.1, -0.05) is 13.8 Å². The van der Waals surface area contributed by atoms with Crippen LogP contribution in [0.15, 0.2) is 10.9 Å². The first-order chi connectivity index (χ1) is 9.96. The maximum absolute atomic E-state index is 12.2. The number of hydrogen-bond acceptors (Lipinski definition) is 4. The summed E-state index contributed by atoms with van der Waals surface area (Å²) in [5, 5.41) is 0. The molecule has 21 heavy (non-hydrogen) atoms. The number of esters is 1. The molecule has 1 rings (SSSR count). The third-order valence-electron chi connectivity index (χ3n) is 3.78. The summed E-state index contributed by atoms with van der Waals surface area (Å²) in [7, 11) is 0. The second-order valence-corrected chi connectivity index (χ2v) is 5.02. The van der Waals surface area contributed by atoms with Crippen LogP contribution in [0.5, 0.6) is 0 Å². The van der Waals surface area contributed by atoms with Crippen LogP contribution >= 0.6 is 0 Å². The largest absolute Gasteiger partial charge is 0.462 e. The van der Waals surface area contributed by atoms with Gasteiger partial charge in [-0.05, 0) is 39.4 Å². The van der Waals surface area contributed by atoms with Crippen LogP contribution in [0.4, 0.5) is 0 Å². The zero-order valence-electron chi connectivity index (χ0n) is 13.7. The topological polar surface area (TPSA) is 51.5 Å². The Morgan fingerprint density at radius 2 is 1.86 bits per heavy atom. The van der Waals surface area contributed by atoms with Crippen molar-refractivity contribution in [3.63, 3.8) is 0 Å². The summed E-state index contributed by atoms with van der Waals surface area (Å²) >= 11 is 0. The lowest BCUT2D eigenvalue weighted by atomic mass is 10.1. The summed E-state index contributed by atoms with van der Waals surface area (Å²) in [6.07, 6.45) is 0. The zero-order valence-corrected chi connectivity index (χ0v) is 13.7. The SMILES string of the molecule is CCOC(=O)c1c(C)cc(=O)n(CCN(CC)CC)c1C. The second-order valence-electron chi connectivity index (χ2n) is 5.02. The van der Waals surface area contributed by atoms with Crippen LogP contribution in [0.25, 0.3) is 0 Å². The van der Waals surface area contributed by atoms with Crippen LogP contribution in [0.1, 0.15) is 42.4 Å². The molecule has 0 saturated carbocycles. The molecular weight excluding hydrogens is 268 g/mol. The number of nitrogens with zero attached hydrogens (tertiary/aromatic N) is 2. The number of pyridine rings is 1. The molecular formula is C16H26N2O3. The van der Waals surface area contributed by atoms with E-state index in [-0.39, 0.29) is 11.5 Å². The highest BCUT2D eigenvalue weighted by Gasteiger charge is 2.17. The molecule has 0 aliphatic rings. The molecule has 118 valence electrons. The summed E-state index contributed by atoms with van der Waals surface area (Å²) in [5.41, 5.74) is 1.81. The van der Waals surface area contributed by atoms with Crippen LogP contribution in [0.3, 0.4) is 0 Å². The Kier molecular flexibility index (Phi) is 6.62. The van der Waals surface area contributed by atoms with Gasteiger partial charge in [0.05, 0.1) is 12.2 Å². The second kappa shape index (κ2) is 7.98. The van der Waals surface area contributed by atoms with Gasteiger partial charge >= 0.3 is 5.97 Å². The van der Waals surface area contributed by atoms with Crippen LogP contribution < -0.4 is 5.56 Å². The molecule has 1 aromatic rings. The van der Waals surface area contributed by atoms with E-state index in [0.717, 1.165) is 19.6 Å². The van der Waals surface area contributed by atoms with Gasteiger partial charge < -0.3 is 14.2 Å². The van der Waals surface area contributed by atoms with Crippen molar-refractivity contribution >= 4 is 5.97 Å². The minimum atomic E-state index is -0.357. The van der Waals surface area contributed by atoms with Gasteiger partial charge in [-0.2, -0.15) is 0 Å². The molecule has 0 radical (unpaired) electrons. The molecule has 0 aliphatic heterocycles. The summed E-state index contributed by atoms with van der Waals surface area (Å²) in [6, 6.07) is 1.52. The van der Waals surface area contributed by atoms with Gasteiger partial charge in [0, 0.05) is 24.8 Å². The maximum Gasteiger partial charge on any atom is 0.340 e. The van der Waals surface area contributed by atoms with Crippen molar-refractivity contribution in [2.45, 2.75) is 41.2 Å². The number of hydrogen-bond donors (Lipinski definition) is 0. The van der Waals surface area contributed by atoms with E-state index >= 15 is 0 Å². The Morgan fingerprint density at radius 3 is 2.38 bits per heavy atom. The van der Waals surface area contributed by atoms with E-state index in [1.54, 1.807) is 18.4 Å². The van der Waals surface area contributed by atoms with Crippen molar-refractivity contribution in [3.8, 4) is 0 Å². The van der Waals surface area contributed by atoms with Crippen molar-refractivity contribution in [1.82, 2.24) is 9.47 Å². The molecule has 0 aliphatic carbocycles. The molecule has 1 aromatic heterocycles. The number of carbonyl (C=O) groups is 1. The molecule has 0 saturated heterocycles. The lowest BCUT2D eigenvalue weighted by molar-refractivity contribution is 0.0523. The highest BCUT2D eigenvalue weighted by Crippen LogP contribution is 2.13. The quantitative estimate of drug-likeness (QED) is 0.722. The fraction of sp³-hybridized carbons (Fsp3) is 0.625. The Balaban J connectivity index is 3.12. The van der Waals surface area contributed by atoms with Gasteiger partial charge in [0.25, 0.3) is 5.56 Å². The molecule has 5 heteroatoms. The average molecular weight is 294 g/mol. The molecule has 0 bridgehead atoms. The molecule has 0 unspecified atom stereocenters. The van der Waals surface area contributed by atoms with Crippen molar-refractivity contribution in [2.24, 2.45) is 0 Å². The Hall–Kier alpha value is -1.62. The highest BCUT2D eigenvalue weighted by molar-refractivity contribution is 5.92. The van der Waals surface area contributed by atoms with E-state index in [0.29, 0.717) is 30.0 Å². The lowest BCUT2D eigenvalue weighted by Crippen LogP contribution is -2.33. The van der Waals surface area contributed by atoms with E-state index in [9.17, 15) is 9.59 Å². The van der Waals surface area contributed by atoms with Crippen molar-refractivity contribution in [3.05, 3.63) is 33.2 Å². The first kappa shape index (κ1) is 17.4. The fourth-order valence-electron chi connectivity index (χ4n) is 2.49. The lowest BCUT2D eigenvalue weighted by Gasteiger charge is -2.21. The smallest absolute Gasteiger partial charge is 0.340 e. The number of likely N-dealkylation sites (N-methyl/N-ethyl adjacent to an activating group) is 1. The number of carbonyl (C=O) groups excluding carboxylic acids is 1. The number of ether oxygens (including phenoxy) is 1. The number of rotatable bonds is 7. The molecule has 0 atom stereocenters. The van der Waals surface area contributed by atoms with Crippen LogP contribution in [0.2, 0.25) is 0 Å². The Bertz CT molecular complexity index is 545. The summed E-state index contributed by atoms with van der Waals surface area (Å²) in [5.74, 6) is -0.357. The Labute approximate surface area is 126 Å². The molecule has 5 nitrogen and oxygen atoms in total. The molecule has 0 amide bonds. The summed E-state index contributed by atoms with van der Waals surface area (Å²) in [6.45, 7) is 13.1. The van der Waals surface area contributed by atoms with Gasteiger partial charge in [-0.15, -0.1) is 0 Å². The van der Waals surface area contributed by atoms with Crippen molar-refractivity contribution in [1.29, 1.82) is 0 Å². The highest BCUT2D eigenvalue weighted by atomic mass is 16.5. The monoisotopic (exact) mass is 294 g/mol. The molecule has 0 aromatic carbocycles. The average Bonchev–Trinajstić information content (AvgIpc) is 2.42. The standard InChI is InChI=1S/C16H26N2O3/c1-6-17(7-2)9-10-18-13(5)15(16(20)21-8-3)12(4)11-14(18)19/h11H,6-10H2,1-5H3. The predicted octanol–water partition coefficient (Wildman–Crippen LogP) is 1.98. The van der Waals surface area contributed by atoms with Gasteiger partial charge in [-0.25, -0.2) is 4.79 Å². The van der Waals surface area contributed by atoms with Gasteiger partial charge in [0.1, 0.15) is 0 Å². The molecule has 1 heterocycles. The van der Waals surface area contributed by atoms with E-state index in [4.69, 9.17) is 4.74 Å². The van der Waals surface area contributed by atoms with Crippen LogP contribution in [-0.4, -0.2) is 41.7 Å². The first-order valence-corrected chi connectivity index (χ1v) is 7.56. The van der Waals surface area contributed by atoms with Crippen LogP contribution in [0, 0.1) is 13.8 Å². The van der Waals surface area contributed by atoms with E-state index in [1.807, 2.05) is 6.92 Å². The molecule has 0 N–H and O–H groups in total. The number of aromatic nitrogens is 1. The molecule has 0 spiro atoms. The fourth-order valence-corrected chi connectivity index (χ4v) is 2.49. The summed E-state index contributed by atoms with van der Waals surface area (Å²) < 4.78 is 6.75. The Morgan fingerprint density at radius 1 is 1.24 bits per heavy atom. The van der Waals surface area contributed by atoms with Gasteiger partial charge in [0.15, 0.2) is 0 Å². The maximum atomic E-state index is 12.2. The van der Waals surface area contributed by atoms with E-state index < -0.39 is 0 Å². The summed E-state index contributed by atoms with van der Waals surface area (Å²) in [4.78, 5) is 26.5. The van der Waals surface area contributed by atoms with E-state index in [2.05, 4.69) is 18.7 Å². The zero-order chi connectivity index (χ0) is 16.0.